The molecular weight excluding hydrogens is 250 g/mol. The van der Waals surface area contributed by atoms with Gasteiger partial charge in [-0.25, -0.2) is 15.0 Å². The Morgan fingerprint density at radius 1 is 1.47 bits per heavy atom. The lowest BCUT2D eigenvalue weighted by molar-refractivity contribution is -0.0432. The Bertz CT molecular complexity index is 587. The fourth-order valence-corrected chi connectivity index (χ4v) is 2.30. The minimum Gasteiger partial charge on any atom is -0.394 e. The van der Waals surface area contributed by atoms with Crippen molar-refractivity contribution >= 4 is 17.0 Å². The van der Waals surface area contributed by atoms with Gasteiger partial charge in [-0.2, -0.15) is 0 Å². The summed E-state index contributed by atoms with van der Waals surface area (Å²) < 4.78 is 7.34. The molecule has 0 bridgehead atoms. The summed E-state index contributed by atoms with van der Waals surface area (Å²) in [6.45, 7) is -0.207. The number of nitrogens with zero attached hydrogens (tertiary/aromatic N) is 4. The van der Waals surface area contributed by atoms with Crippen LogP contribution >= 0.6 is 0 Å². The van der Waals surface area contributed by atoms with Crippen LogP contribution in [0, 0.1) is 0 Å². The van der Waals surface area contributed by atoms with Gasteiger partial charge in [0.15, 0.2) is 11.5 Å². The molecule has 1 saturated heterocycles. The zero-order chi connectivity index (χ0) is 13.4. The molecule has 0 saturated carbocycles. The standard InChI is InChI=1S/C11H15N5O3/c1-12-10-9-11(14-4-13-10)16(5-15-9)8-2-6(18)7(3-17)19-8/h4-8,17-18H,2-3H2,1H3,(H,12,13,14)/t6-,7-,8-/m0/s1. The van der Waals surface area contributed by atoms with Crippen molar-refractivity contribution in [1.29, 1.82) is 0 Å². The highest BCUT2D eigenvalue weighted by molar-refractivity contribution is 5.82. The van der Waals surface area contributed by atoms with Crippen molar-refractivity contribution in [3.63, 3.8) is 0 Å². The van der Waals surface area contributed by atoms with E-state index in [1.54, 1.807) is 17.9 Å². The third-order valence-corrected chi connectivity index (χ3v) is 3.29. The topological polar surface area (TPSA) is 105 Å². The van der Waals surface area contributed by atoms with E-state index in [0.29, 0.717) is 23.4 Å². The number of aliphatic hydroxyl groups excluding tert-OH is 2. The van der Waals surface area contributed by atoms with Crippen molar-refractivity contribution in [2.24, 2.45) is 0 Å². The molecular formula is C11H15N5O3. The van der Waals surface area contributed by atoms with Gasteiger partial charge in [-0.15, -0.1) is 0 Å². The fourth-order valence-electron chi connectivity index (χ4n) is 2.30. The Morgan fingerprint density at radius 2 is 2.32 bits per heavy atom. The molecule has 3 N–H and O–H groups in total. The van der Waals surface area contributed by atoms with Gasteiger partial charge in [-0.05, 0) is 0 Å². The number of hydrogen-bond acceptors (Lipinski definition) is 7. The van der Waals surface area contributed by atoms with Crippen molar-refractivity contribution in [1.82, 2.24) is 19.5 Å². The second-order valence-corrected chi connectivity index (χ2v) is 4.41. The third kappa shape index (κ3) is 1.93. The number of imidazole rings is 1. The number of aliphatic hydroxyl groups is 2. The lowest BCUT2D eigenvalue weighted by Crippen LogP contribution is -2.24. The maximum Gasteiger partial charge on any atom is 0.167 e. The minimum atomic E-state index is -0.682. The van der Waals surface area contributed by atoms with Crippen LogP contribution in [-0.4, -0.2) is 55.6 Å². The molecule has 1 aliphatic rings. The van der Waals surface area contributed by atoms with E-state index < -0.39 is 12.2 Å². The quantitative estimate of drug-likeness (QED) is 0.687. The van der Waals surface area contributed by atoms with E-state index >= 15 is 0 Å². The minimum absolute atomic E-state index is 0.207. The van der Waals surface area contributed by atoms with E-state index in [9.17, 15) is 5.11 Å². The van der Waals surface area contributed by atoms with Crippen LogP contribution in [0.2, 0.25) is 0 Å². The van der Waals surface area contributed by atoms with Gasteiger partial charge in [-0.1, -0.05) is 0 Å². The molecule has 2 aromatic rings. The van der Waals surface area contributed by atoms with Crippen LogP contribution in [0.3, 0.4) is 0 Å². The van der Waals surface area contributed by atoms with Gasteiger partial charge in [0.05, 0.1) is 19.0 Å². The number of hydrogen-bond donors (Lipinski definition) is 3. The first-order chi connectivity index (χ1) is 9.24. The summed E-state index contributed by atoms with van der Waals surface area (Å²) in [7, 11) is 1.76. The second kappa shape index (κ2) is 4.72. The number of nitrogens with one attached hydrogen (secondary N) is 1. The van der Waals surface area contributed by atoms with Gasteiger partial charge < -0.3 is 20.3 Å². The molecule has 19 heavy (non-hydrogen) atoms. The van der Waals surface area contributed by atoms with Crippen molar-refractivity contribution in [3.05, 3.63) is 12.7 Å². The first kappa shape index (κ1) is 12.3. The van der Waals surface area contributed by atoms with Crippen LogP contribution in [-0.2, 0) is 4.74 Å². The van der Waals surface area contributed by atoms with E-state index in [-0.39, 0.29) is 12.8 Å². The van der Waals surface area contributed by atoms with E-state index in [1.165, 1.54) is 6.33 Å². The molecule has 0 spiro atoms. The van der Waals surface area contributed by atoms with Crippen LogP contribution < -0.4 is 5.32 Å². The molecule has 2 aromatic heterocycles. The van der Waals surface area contributed by atoms with E-state index in [1.807, 2.05) is 0 Å². The maximum atomic E-state index is 9.77. The summed E-state index contributed by atoms with van der Waals surface area (Å²) in [5, 5.41) is 21.8. The summed E-state index contributed by atoms with van der Waals surface area (Å²) >= 11 is 0. The smallest absolute Gasteiger partial charge is 0.167 e. The van der Waals surface area contributed by atoms with Crippen LogP contribution in [0.4, 0.5) is 5.82 Å². The summed E-state index contributed by atoms with van der Waals surface area (Å²) in [6.07, 6.45) is 1.83. The average molecular weight is 265 g/mol. The molecule has 3 rings (SSSR count). The van der Waals surface area contributed by atoms with Gasteiger partial charge in [0.1, 0.15) is 24.2 Å². The van der Waals surface area contributed by atoms with Gasteiger partial charge in [0.25, 0.3) is 0 Å². The van der Waals surface area contributed by atoms with Gasteiger partial charge >= 0.3 is 0 Å². The highest BCUT2D eigenvalue weighted by atomic mass is 16.5. The third-order valence-electron chi connectivity index (χ3n) is 3.29. The number of ether oxygens (including phenoxy) is 1. The largest absolute Gasteiger partial charge is 0.394 e. The lowest BCUT2D eigenvalue weighted by Gasteiger charge is -2.13. The summed E-state index contributed by atoms with van der Waals surface area (Å²) in [5.74, 6) is 0.640. The van der Waals surface area contributed by atoms with Gasteiger partial charge in [0, 0.05) is 13.5 Å². The Hall–Kier alpha value is -1.77. The van der Waals surface area contributed by atoms with Crippen LogP contribution in [0.25, 0.3) is 11.2 Å². The van der Waals surface area contributed by atoms with Crippen molar-refractivity contribution in [2.45, 2.75) is 24.9 Å². The SMILES string of the molecule is CNc1ncnc2c1ncn2[C@@H]1C[C@H](O)[C@H](CO)O1. The highest BCUT2D eigenvalue weighted by Crippen LogP contribution is 2.31. The second-order valence-electron chi connectivity index (χ2n) is 4.41. The molecule has 0 unspecified atom stereocenters. The Morgan fingerprint density at radius 3 is 3.00 bits per heavy atom. The summed E-state index contributed by atoms with van der Waals surface area (Å²) in [4.78, 5) is 12.5. The first-order valence-electron chi connectivity index (χ1n) is 6.04. The Kier molecular flexibility index (Phi) is 3.05. The molecule has 1 aliphatic heterocycles. The van der Waals surface area contributed by atoms with Crippen molar-refractivity contribution in [3.8, 4) is 0 Å². The average Bonchev–Trinajstić information content (AvgIpc) is 3.01. The highest BCUT2D eigenvalue weighted by Gasteiger charge is 2.35. The number of rotatable bonds is 3. The lowest BCUT2D eigenvalue weighted by atomic mass is 10.2. The van der Waals surface area contributed by atoms with Crippen LogP contribution in [0.1, 0.15) is 12.6 Å². The van der Waals surface area contributed by atoms with E-state index in [2.05, 4.69) is 20.3 Å². The molecule has 3 atom stereocenters. The first-order valence-corrected chi connectivity index (χ1v) is 6.04. The summed E-state index contributed by atoms with van der Waals surface area (Å²) in [6, 6.07) is 0. The Balaban J connectivity index is 1.98. The molecule has 0 aliphatic carbocycles. The number of aromatic nitrogens is 4. The molecule has 0 aromatic carbocycles. The van der Waals surface area contributed by atoms with Crippen molar-refractivity contribution < 1.29 is 14.9 Å². The zero-order valence-corrected chi connectivity index (χ0v) is 10.4. The predicted octanol–water partition coefficient (Wildman–Crippen LogP) is -0.491. The number of fused-ring (bicyclic) bond motifs is 1. The molecule has 8 heteroatoms. The predicted molar refractivity (Wildman–Crippen MR) is 66.5 cm³/mol. The molecule has 1 fully saturated rings. The van der Waals surface area contributed by atoms with Crippen LogP contribution in [0.15, 0.2) is 12.7 Å². The molecule has 102 valence electrons. The summed E-state index contributed by atoms with van der Waals surface area (Å²) in [5.41, 5.74) is 1.28. The molecule has 3 heterocycles. The van der Waals surface area contributed by atoms with Gasteiger partial charge in [0.2, 0.25) is 0 Å². The normalized spacial score (nSPS) is 27.0. The van der Waals surface area contributed by atoms with E-state index in [0.717, 1.165) is 0 Å². The zero-order valence-electron chi connectivity index (χ0n) is 10.4. The Labute approximate surface area is 109 Å². The fraction of sp³-hybridized carbons (Fsp3) is 0.545. The molecule has 8 nitrogen and oxygen atoms in total. The molecule has 0 radical (unpaired) electrons. The number of anilines is 1. The monoisotopic (exact) mass is 265 g/mol. The maximum absolute atomic E-state index is 9.77. The van der Waals surface area contributed by atoms with Crippen LogP contribution in [0.5, 0.6) is 0 Å². The van der Waals surface area contributed by atoms with E-state index in [4.69, 9.17) is 9.84 Å². The molecule has 0 amide bonds. The van der Waals surface area contributed by atoms with Gasteiger partial charge in [-0.3, -0.25) is 4.57 Å². The van der Waals surface area contributed by atoms with Crippen molar-refractivity contribution in [2.75, 3.05) is 19.0 Å².